The Morgan fingerprint density at radius 2 is 1.79 bits per heavy atom. The van der Waals surface area contributed by atoms with Gasteiger partial charge in [-0.1, -0.05) is 36.4 Å². The van der Waals surface area contributed by atoms with E-state index in [1.807, 2.05) is 56.3 Å². The van der Waals surface area contributed by atoms with Crippen molar-refractivity contribution in [3.05, 3.63) is 65.2 Å². The summed E-state index contributed by atoms with van der Waals surface area (Å²) >= 11 is 0. The molecule has 1 fully saturated rings. The highest BCUT2D eigenvalue weighted by molar-refractivity contribution is 5.99. The Kier molecular flexibility index (Phi) is 4.65. The second-order valence-corrected chi connectivity index (χ2v) is 6.43. The van der Waals surface area contributed by atoms with E-state index >= 15 is 0 Å². The van der Waals surface area contributed by atoms with Crippen molar-refractivity contribution < 1.29 is 9.59 Å². The lowest BCUT2D eigenvalue weighted by Gasteiger charge is -2.24. The molecule has 0 spiro atoms. The summed E-state index contributed by atoms with van der Waals surface area (Å²) < 4.78 is 0. The molecule has 0 aliphatic carbocycles. The summed E-state index contributed by atoms with van der Waals surface area (Å²) in [6.45, 7) is 4.48. The molecule has 1 atom stereocenters. The van der Waals surface area contributed by atoms with Crippen LogP contribution in [0.25, 0.3) is 0 Å². The Morgan fingerprint density at radius 1 is 1.12 bits per heavy atom. The van der Waals surface area contributed by atoms with Gasteiger partial charge in [0.05, 0.1) is 0 Å². The Balaban J connectivity index is 1.74. The number of rotatable bonds is 4. The zero-order valence-electron chi connectivity index (χ0n) is 14.1. The molecule has 2 amide bonds. The Labute approximate surface area is 142 Å². The van der Waals surface area contributed by atoms with E-state index in [0.29, 0.717) is 19.4 Å². The van der Waals surface area contributed by atoms with E-state index in [0.717, 1.165) is 22.4 Å². The van der Waals surface area contributed by atoms with Crippen LogP contribution in [0.1, 0.15) is 29.5 Å². The number of benzene rings is 2. The maximum absolute atomic E-state index is 12.7. The van der Waals surface area contributed by atoms with Gasteiger partial charge in [-0.2, -0.15) is 0 Å². The summed E-state index contributed by atoms with van der Waals surface area (Å²) in [5, 5.41) is 2.97. The molecule has 1 aliphatic rings. The molecule has 1 N–H and O–H groups in total. The predicted octanol–water partition coefficient (Wildman–Crippen LogP) is 3.43. The van der Waals surface area contributed by atoms with Gasteiger partial charge >= 0.3 is 0 Å². The second kappa shape index (κ2) is 6.87. The molecule has 0 aromatic heterocycles. The topological polar surface area (TPSA) is 49.4 Å². The van der Waals surface area contributed by atoms with Gasteiger partial charge in [-0.3, -0.25) is 9.59 Å². The first kappa shape index (κ1) is 16.2. The largest absolute Gasteiger partial charge is 0.326 e. The van der Waals surface area contributed by atoms with E-state index in [1.165, 1.54) is 0 Å². The monoisotopic (exact) mass is 322 g/mol. The first-order valence-corrected chi connectivity index (χ1v) is 8.25. The third-order valence-electron chi connectivity index (χ3n) is 4.32. The zero-order chi connectivity index (χ0) is 17.1. The van der Waals surface area contributed by atoms with Crippen molar-refractivity contribution in [1.29, 1.82) is 0 Å². The van der Waals surface area contributed by atoms with E-state index < -0.39 is 6.04 Å². The minimum Gasteiger partial charge on any atom is -0.326 e. The zero-order valence-corrected chi connectivity index (χ0v) is 14.1. The summed E-state index contributed by atoms with van der Waals surface area (Å²) in [7, 11) is 0. The van der Waals surface area contributed by atoms with Gasteiger partial charge in [0.15, 0.2) is 0 Å². The van der Waals surface area contributed by atoms with Gasteiger partial charge < -0.3 is 10.2 Å². The summed E-state index contributed by atoms with van der Waals surface area (Å²) in [6, 6.07) is 15.3. The van der Waals surface area contributed by atoms with Crippen LogP contribution in [-0.4, -0.2) is 22.8 Å². The molecule has 124 valence electrons. The molecule has 2 aromatic rings. The molecular weight excluding hydrogens is 300 g/mol. The van der Waals surface area contributed by atoms with Crippen LogP contribution in [0.3, 0.4) is 0 Å². The Hall–Kier alpha value is -2.62. The van der Waals surface area contributed by atoms with E-state index in [-0.39, 0.29) is 11.8 Å². The number of nitrogens with one attached hydrogen (secondary N) is 1. The fourth-order valence-corrected chi connectivity index (χ4v) is 3.26. The van der Waals surface area contributed by atoms with Crippen molar-refractivity contribution in [2.75, 3.05) is 5.32 Å². The smallest absolute Gasteiger partial charge is 0.247 e. The summed E-state index contributed by atoms with van der Waals surface area (Å²) in [5.41, 5.74) is 4.04. The number of amides is 2. The lowest BCUT2D eigenvalue weighted by Crippen LogP contribution is -2.41. The van der Waals surface area contributed by atoms with Crippen LogP contribution in [0.2, 0.25) is 0 Å². The average Bonchev–Trinajstić information content (AvgIpc) is 2.88. The third-order valence-corrected chi connectivity index (χ3v) is 4.32. The molecule has 1 unspecified atom stereocenters. The molecule has 0 saturated carbocycles. The highest BCUT2D eigenvalue weighted by Gasteiger charge is 2.35. The van der Waals surface area contributed by atoms with Crippen LogP contribution in [-0.2, 0) is 16.1 Å². The van der Waals surface area contributed by atoms with Crippen molar-refractivity contribution in [2.45, 2.75) is 39.3 Å². The average molecular weight is 322 g/mol. The van der Waals surface area contributed by atoms with Crippen LogP contribution in [0, 0.1) is 13.8 Å². The molecule has 3 rings (SSSR count). The van der Waals surface area contributed by atoms with Crippen LogP contribution >= 0.6 is 0 Å². The number of nitrogens with zero attached hydrogens (tertiary/aromatic N) is 1. The maximum atomic E-state index is 12.7. The number of carbonyl (C=O) groups excluding carboxylic acids is 2. The summed E-state index contributed by atoms with van der Waals surface area (Å²) in [6.07, 6.45) is 1.00. The number of carbonyl (C=O) groups is 2. The summed E-state index contributed by atoms with van der Waals surface area (Å²) in [4.78, 5) is 26.6. The van der Waals surface area contributed by atoms with Gasteiger partial charge in [0.2, 0.25) is 11.8 Å². The van der Waals surface area contributed by atoms with Crippen molar-refractivity contribution in [2.24, 2.45) is 0 Å². The first-order valence-electron chi connectivity index (χ1n) is 8.25. The van der Waals surface area contributed by atoms with Crippen molar-refractivity contribution in [1.82, 2.24) is 4.90 Å². The molecule has 1 heterocycles. The fourth-order valence-electron chi connectivity index (χ4n) is 3.26. The van der Waals surface area contributed by atoms with E-state index in [4.69, 9.17) is 0 Å². The first-order chi connectivity index (χ1) is 11.5. The van der Waals surface area contributed by atoms with Gasteiger partial charge in [0.1, 0.15) is 6.04 Å². The van der Waals surface area contributed by atoms with Gasteiger partial charge in [0.25, 0.3) is 0 Å². The number of hydrogen-bond donors (Lipinski definition) is 1. The molecule has 4 nitrogen and oxygen atoms in total. The second-order valence-electron chi connectivity index (χ2n) is 6.43. The van der Waals surface area contributed by atoms with Crippen LogP contribution in [0.5, 0.6) is 0 Å². The molecule has 24 heavy (non-hydrogen) atoms. The standard InChI is InChI=1S/C20H22N2O2/c1-14-10-15(2)12-17(11-14)21-20(24)18-8-9-19(23)22(18)13-16-6-4-3-5-7-16/h3-7,10-12,18H,8-9,13H2,1-2H3,(H,21,24). The number of likely N-dealkylation sites (tertiary alicyclic amines) is 1. The fraction of sp³-hybridized carbons (Fsp3) is 0.300. The minimum atomic E-state index is -0.404. The van der Waals surface area contributed by atoms with Gasteiger partial charge in [-0.05, 0) is 49.1 Å². The Bertz CT molecular complexity index is 735. The molecule has 1 aliphatic heterocycles. The van der Waals surface area contributed by atoms with Gasteiger partial charge in [-0.15, -0.1) is 0 Å². The molecule has 2 aromatic carbocycles. The lowest BCUT2D eigenvalue weighted by atomic mass is 10.1. The molecule has 0 bridgehead atoms. The van der Waals surface area contributed by atoms with Crippen molar-refractivity contribution >= 4 is 17.5 Å². The quantitative estimate of drug-likeness (QED) is 0.937. The lowest BCUT2D eigenvalue weighted by molar-refractivity contribution is -0.133. The third kappa shape index (κ3) is 3.65. The number of aryl methyl sites for hydroxylation is 2. The van der Waals surface area contributed by atoms with Crippen LogP contribution in [0.4, 0.5) is 5.69 Å². The maximum Gasteiger partial charge on any atom is 0.247 e. The minimum absolute atomic E-state index is 0.0411. The molecule has 4 heteroatoms. The number of anilines is 1. The van der Waals surface area contributed by atoms with Crippen LogP contribution < -0.4 is 5.32 Å². The van der Waals surface area contributed by atoms with Gasteiger partial charge in [0, 0.05) is 18.7 Å². The molecule has 1 saturated heterocycles. The van der Waals surface area contributed by atoms with Gasteiger partial charge in [-0.25, -0.2) is 0 Å². The normalized spacial score (nSPS) is 17.2. The molecular formula is C20H22N2O2. The van der Waals surface area contributed by atoms with E-state index in [9.17, 15) is 9.59 Å². The molecule has 0 radical (unpaired) electrons. The van der Waals surface area contributed by atoms with Crippen molar-refractivity contribution in [3.8, 4) is 0 Å². The highest BCUT2D eigenvalue weighted by atomic mass is 16.2. The Morgan fingerprint density at radius 3 is 2.46 bits per heavy atom. The SMILES string of the molecule is Cc1cc(C)cc(NC(=O)C2CCC(=O)N2Cc2ccccc2)c1. The van der Waals surface area contributed by atoms with E-state index in [1.54, 1.807) is 4.90 Å². The van der Waals surface area contributed by atoms with Crippen molar-refractivity contribution in [3.63, 3.8) is 0 Å². The van der Waals surface area contributed by atoms with Crippen LogP contribution in [0.15, 0.2) is 48.5 Å². The number of hydrogen-bond acceptors (Lipinski definition) is 2. The summed E-state index contributed by atoms with van der Waals surface area (Å²) in [5.74, 6) is -0.0683. The highest BCUT2D eigenvalue weighted by Crippen LogP contribution is 2.23. The van der Waals surface area contributed by atoms with E-state index in [2.05, 4.69) is 11.4 Å². The predicted molar refractivity (Wildman–Crippen MR) is 94.6 cm³/mol.